The number of H-pyrrole nitrogens is 1. The minimum atomic E-state index is -0.375. The van der Waals surface area contributed by atoms with Crippen molar-refractivity contribution in [3.63, 3.8) is 0 Å². The molecule has 0 atom stereocenters. The van der Waals surface area contributed by atoms with Gasteiger partial charge in [0.05, 0.1) is 18.0 Å². The number of hydrogen-bond donors (Lipinski definition) is 3. The van der Waals surface area contributed by atoms with Gasteiger partial charge in [0.15, 0.2) is 0 Å². The predicted molar refractivity (Wildman–Crippen MR) is 95.6 cm³/mol. The number of carbonyl (C=O) groups excluding carboxylic acids is 2. The molecule has 0 aliphatic carbocycles. The van der Waals surface area contributed by atoms with Crippen molar-refractivity contribution in [2.75, 3.05) is 18.5 Å². The van der Waals surface area contributed by atoms with Gasteiger partial charge in [-0.05, 0) is 44.9 Å². The minimum absolute atomic E-state index is 0.232. The van der Waals surface area contributed by atoms with Crippen LogP contribution >= 0.6 is 0 Å². The Balaban J connectivity index is 1.79. The Bertz CT molecular complexity index is 720. The van der Waals surface area contributed by atoms with E-state index in [2.05, 4.69) is 20.8 Å². The molecule has 0 radical (unpaired) electrons. The number of aryl methyl sites for hydroxylation is 2. The first kappa shape index (κ1) is 18.5. The molecule has 0 saturated carbocycles. The van der Waals surface area contributed by atoms with Crippen LogP contribution in [0.2, 0.25) is 0 Å². The second-order valence-electron chi connectivity index (χ2n) is 5.67. The van der Waals surface area contributed by atoms with E-state index in [0.29, 0.717) is 31.0 Å². The van der Waals surface area contributed by atoms with Gasteiger partial charge in [-0.15, -0.1) is 0 Å². The summed E-state index contributed by atoms with van der Waals surface area (Å²) in [6, 6.07) is 7.14. The number of ether oxygens (including phenoxy) is 1. The van der Waals surface area contributed by atoms with E-state index in [1.165, 1.54) is 0 Å². The lowest BCUT2D eigenvalue weighted by atomic mass is 10.1. The van der Waals surface area contributed by atoms with E-state index in [0.717, 1.165) is 17.0 Å². The van der Waals surface area contributed by atoms with E-state index in [4.69, 9.17) is 4.74 Å². The van der Waals surface area contributed by atoms with Crippen molar-refractivity contribution in [3.8, 4) is 5.75 Å². The summed E-state index contributed by atoms with van der Waals surface area (Å²) >= 11 is 0. The lowest BCUT2D eigenvalue weighted by Crippen LogP contribution is -2.29. The zero-order valence-corrected chi connectivity index (χ0v) is 14.8. The number of aromatic nitrogens is 2. The topological polar surface area (TPSA) is 96.1 Å². The van der Waals surface area contributed by atoms with Crippen LogP contribution in [-0.2, 0) is 16.0 Å². The van der Waals surface area contributed by atoms with Crippen molar-refractivity contribution >= 4 is 17.5 Å². The zero-order valence-electron chi connectivity index (χ0n) is 14.8. The summed E-state index contributed by atoms with van der Waals surface area (Å²) in [5, 5.41) is 12.5. The second kappa shape index (κ2) is 8.86. The van der Waals surface area contributed by atoms with Crippen molar-refractivity contribution in [1.82, 2.24) is 15.5 Å². The van der Waals surface area contributed by atoms with Gasteiger partial charge in [0.1, 0.15) is 12.2 Å². The standard InChI is InChI=1S/C18H24N4O3/c1-4-25-16-8-6-5-7-15(16)20-18(24)11-17(23)19-10-9-14-12(2)21-22-13(14)3/h5-8H,4,9-11H2,1-3H3,(H,19,23)(H,20,24)(H,21,22). The van der Waals surface area contributed by atoms with Crippen molar-refractivity contribution in [2.45, 2.75) is 33.6 Å². The van der Waals surface area contributed by atoms with E-state index in [-0.39, 0.29) is 18.2 Å². The molecule has 0 aliphatic rings. The fourth-order valence-electron chi connectivity index (χ4n) is 2.52. The lowest BCUT2D eigenvalue weighted by molar-refractivity contribution is -0.126. The monoisotopic (exact) mass is 344 g/mol. The van der Waals surface area contributed by atoms with Crippen molar-refractivity contribution in [2.24, 2.45) is 0 Å². The SMILES string of the molecule is CCOc1ccccc1NC(=O)CC(=O)NCCc1c(C)n[nH]c1C. The van der Waals surface area contributed by atoms with Gasteiger partial charge < -0.3 is 15.4 Å². The molecule has 0 bridgehead atoms. The average molecular weight is 344 g/mol. The molecule has 25 heavy (non-hydrogen) atoms. The predicted octanol–water partition coefficient (Wildman–Crippen LogP) is 2.11. The minimum Gasteiger partial charge on any atom is -0.492 e. The van der Waals surface area contributed by atoms with Gasteiger partial charge in [-0.2, -0.15) is 5.10 Å². The fourth-order valence-corrected chi connectivity index (χ4v) is 2.52. The summed E-state index contributed by atoms with van der Waals surface area (Å²) < 4.78 is 5.45. The molecule has 1 aromatic carbocycles. The molecule has 7 nitrogen and oxygen atoms in total. The van der Waals surface area contributed by atoms with Crippen LogP contribution in [0.5, 0.6) is 5.75 Å². The molecule has 1 aromatic heterocycles. The van der Waals surface area contributed by atoms with Gasteiger partial charge >= 0.3 is 0 Å². The van der Waals surface area contributed by atoms with E-state index in [1.54, 1.807) is 18.2 Å². The van der Waals surface area contributed by atoms with Gasteiger partial charge in [-0.1, -0.05) is 12.1 Å². The molecule has 2 aromatic rings. The molecular weight excluding hydrogens is 320 g/mol. The van der Waals surface area contributed by atoms with E-state index >= 15 is 0 Å². The van der Waals surface area contributed by atoms with Crippen LogP contribution in [0.1, 0.15) is 30.3 Å². The Labute approximate surface area is 147 Å². The zero-order chi connectivity index (χ0) is 18.2. The number of hydrogen-bond acceptors (Lipinski definition) is 4. The van der Waals surface area contributed by atoms with Crippen LogP contribution < -0.4 is 15.4 Å². The number of para-hydroxylation sites is 2. The summed E-state index contributed by atoms with van der Waals surface area (Å²) in [5.74, 6) is -0.102. The third kappa shape index (κ3) is 5.34. The van der Waals surface area contributed by atoms with Crippen molar-refractivity contribution < 1.29 is 14.3 Å². The Morgan fingerprint density at radius 1 is 1.20 bits per heavy atom. The Kier molecular flexibility index (Phi) is 6.56. The molecule has 0 saturated heterocycles. The summed E-state index contributed by atoms with van der Waals surface area (Å²) in [6.07, 6.45) is 0.443. The first-order valence-corrected chi connectivity index (χ1v) is 8.30. The van der Waals surface area contributed by atoms with Gasteiger partial charge in [-0.25, -0.2) is 0 Å². The molecule has 134 valence electrons. The highest BCUT2D eigenvalue weighted by Gasteiger charge is 2.12. The molecule has 3 N–H and O–H groups in total. The van der Waals surface area contributed by atoms with E-state index in [9.17, 15) is 9.59 Å². The summed E-state index contributed by atoms with van der Waals surface area (Å²) in [5.41, 5.74) is 3.58. The first-order chi connectivity index (χ1) is 12.0. The summed E-state index contributed by atoms with van der Waals surface area (Å²) in [6.45, 7) is 6.70. The number of carbonyl (C=O) groups is 2. The van der Waals surface area contributed by atoms with Crippen LogP contribution in [0.25, 0.3) is 0 Å². The fraction of sp³-hybridized carbons (Fsp3) is 0.389. The van der Waals surface area contributed by atoms with Gasteiger partial charge in [0.25, 0.3) is 0 Å². The number of rotatable bonds is 8. The first-order valence-electron chi connectivity index (χ1n) is 8.30. The van der Waals surface area contributed by atoms with Crippen LogP contribution in [0.4, 0.5) is 5.69 Å². The normalized spacial score (nSPS) is 10.4. The molecule has 0 unspecified atom stereocenters. The number of amides is 2. The maximum absolute atomic E-state index is 12.0. The van der Waals surface area contributed by atoms with E-state index in [1.807, 2.05) is 26.8 Å². The number of nitrogens with zero attached hydrogens (tertiary/aromatic N) is 1. The Morgan fingerprint density at radius 3 is 2.64 bits per heavy atom. The Hall–Kier alpha value is -2.83. The summed E-state index contributed by atoms with van der Waals surface area (Å²) in [7, 11) is 0. The van der Waals surface area contributed by atoms with Gasteiger partial charge in [0, 0.05) is 12.2 Å². The second-order valence-corrected chi connectivity index (χ2v) is 5.67. The van der Waals surface area contributed by atoms with Crippen molar-refractivity contribution in [1.29, 1.82) is 0 Å². The molecule has 7 heteroatoms. The smallest absolute Gasteiger partial charge is 0.233 e. The van der Waals surface area contributed by atoms with E-state index < -0.39 is 0 Å². The third-order valence-corrected chi connectivity index (χ3v) is 3.76. The third-order valence-electron chi connectivity index (χ3n) is 3.76. The number of aromatic amines is 1. The quantitative estimate of drug-likeness (QED) is 0.639. The van der Waals surface area contributed by atoms with Crippen LogP contribution in [0.15, 0.2) is 24.3 Å². The van der Waals surface area contributed by atoms with Gasteiger partial charge in [-0.3, -0.25) is 14.7 Å². The lowest BCUT2D eigenvalue weighted by Gasteiger charge is -2.11. The average Bonchev–Trinajstić information content (AvgIpc) is 2.88. The molecule has 0 aliphatic heterocycles. The summed E-state index contributed by atoms with van der Waals surface area (Å²) in [4.78, 5) is 24.0. The maximum Gasteiger partial charge on any atom is 0.233 e. The van der Waals surface area contributed by atoms with Crippen molar-refractivity contribution in [3.05, 3.63) is 41.2 Å². The largest absolute Gasteiger partial charge is 0.492 e. The van der Waals surface area contributed by atoms with Crippen LogP contribution in [0, 0.1) is 13.8 Å². The number of anilines is 1. The van der Waals surface area contributed by atoms with Crippen LogP contribution in [0.3, 0.4) is 0 Å². The van der Waals surface area contributed by atoms with Crippen LogP contribution in [-0.4, -0.2) is 35.2 Å². The number of nitrogens with one attached hydrogen (secondary N) is 3. The Morgan fingerprint density at radius 2 is 1.96 bits per heavy atom. The maximum atomic E-state index is 12.0. The highest BCUT2D eigenvalue weighted by atomic mass is 16.5. The highest BCUT2D eigenvalue weighted by molar-refractivity contribution is 6.04. The molecule has 2 rings (SSSR count). The molecule has 0 spiro atoms. The highest BCUT2D eigenvalue weighted by Crippen LogP contribution is 2.23. The molecule has 1 heterocycles. The molecular formula is C18H24N4O3. The molecule has 2 amide bonds. The molecule has 0 fully saturated rings. The number of benzene rings is 1. The van der Waals surface area contributed by atoms with Gasteiger partial charge in [0.2, 0.25) is 11.8 Å².